The van der Waals surface area contributed by atoms with Crippen LogP contribution in [0.5, 0.6) is 11.5 Å². The van der Waals surface area contributed by atoms with Gasteiger partial charge in [0.05, 0.1) is 4.90 Å². The summed E-state index contributed by atoms with van der Waals surface area (Å²) in [6.07, 6.45) is 0. The molecule has 25 heavy (non-hydrogen) atoms. The van der Waals surface area contributed by atoms with Crippen molar-refractivity contribution in [2.24, 2.45) is 0 Å². The van der Waals surface area contributed by atoms with Gasteiger partial charge in [0, 0.05) is 0 Å². The monoisotopic (exact) mass is 361 g/mol. The van der Waals surface area contributed by atoms with Crippen LogP contribution in [0, 0.1) is 11.6 Å². The third-order valence-corrected chi connectivity index (χ3v) is 4.68. The van der Waals surface area contributed by atoms with Crippen molar-refractivity contribution in [1.82, 2.24) is 0 Å². The molecule has 4 nitrogen and oxygen atoms in total. The smallest absolute Gasteiger partial charge is 0.262 e. The summed E-state index contributed by atoms with van der Waals surface area (Å²) >= 11 is 0. The number of benzene rings is 3. The van der Waals surface area contributed by atoms with E-state index in [1.807, 2.05) is 10.8 Å². The molecule has 0 aromatic heterocycles. The fraction of sp³-hybridized carbons (Fsp3) is 0. The zero-order valence-corrected chi connectivity index (χ0v) is 13.6. The second kappa shape index (κ2) is 6.90. The quantitative estimate of drug-likeness (QED) is 0.725. The number of hydrogen-bond acceptors (Lipinski definition) is 3. The van der Waals surface area contributed by atoms with Crippen molar-refractivity contribution < 1.29 is 21.9 Å². The van der Waals surface area contributed by atoms with Gasteiger partial charge in [-0.2, -0.15) is 0 Å². The Morgan fingerprint density at radius 3 is 1.88 bits per heavy atom. The van der Waals surface area contributed by atoms with E-state index in [4.69, 9.17) is 4.74 Å². The molecule has 1 N–H and O–H groups in total. The van der Waals surface area contributed by atoms with Gasteiger partial charge in [0.1, 0.15) is 28.8 Å². The van der Waals surface area contributed by atoms with E-state index in [-0.39, 0.29) is 4.90 Å². The van der Waals surface area contributed by atoms with Crippen LogP contribution in [-0.4, -0.2) is 8.42 Å². The molecule has 0 fully saturated rings. The molecule has 0 saturated carbocycles. The minimum absolute atomic E-state index is 0.143. The molecule has 0 aliphatic rings. The SMILES string of the molecule is O=S(=O)(Nc1c(F)cccc1F)c1ccc(Oc2ccccc2)cc1. The van der Waals surface area contributed by atoms with Gasteiger partial charge in [-0.3, -0.25) is 4.72 Å². The number of anilines is 1. The predicted octanol–water partition coefficient (Wildman–Crippen LogP) is 4.56. The fourth-order valence-corrected chi connectivity index (χ4v) is 3.18. The maximum atomic E-state index is 13.6. The summed E-state index contributed by atoms with van der Waals surface area (Å²) in [4.78, 5) is -0.143. The maximum Gasteiger partial charge on any atom is 0.262 e. The molecule has 0 saturated heterocycles. The molecule has 0 bridgehead atoms. The van der Waals surface area contributed by atoms with Gasteiger partial charge in [-0.05, 0) is 48.5 Å². The van der Waals surface area contributed by atoms with Gasteiger partial charge in [0.2, 0.25) is 0 Å². The molecule has 0 heterocycles. The van der Waals surface area contributed by atoms with Crippen molar-refractivity contribution in [3.05, 3.63) is 84.4 Å². The molecule has 0 aliphatic heterocycles. The Labute approximate surface area is 143 Å². The van der Waals surface area contributed by atoms with E-state index in [1.165, 1.54) is 24.3 Å². The largest absolute Gasteiger partial charge is 0.457 e. The number of sulfonamides is 1. The first-order valence-corrected chi connectivity index (χ1v) is 8.74. The number of nitrogens with one attached hydrogen (secondary N) is 1. The lowest BCUT2D eigenvalue weighted by molar-refractivity contribution is 0.482. The highest BCUT2D eigenvalue weighted by atomic mass is 32.2. The Bertz CT molecular complexity index is 955. The number of halogens is 2. The van der Waals surface area contributed by atoms with Crippen LogP contribution in [0.2, 0.25) is 0 Å². The molecule has 7 heteroatoms. The molecular weight excluding hydrogens is 348 g/mol. The zero-order valence-electron chi connectivity index (χ0n) is 12.8. The summed E-state index contributed by atoms with van der Waals surface area (Å²) < 4.78 is 59.3. The number of rotatable bonds is 5. The summed E-state index contributed by atoms with van der Waals surface area (Å²) in [7, 11) is -4.13. The first kappa shape index (κ1) is 16.9. The number of para-hydroxylation sites is 2. The molecule has 3 aromatic carbocycles. The zero-order chi connectivity index (χ0) is 17.9. The fourth-order valence-electron chi connectivity index (χ4n) is 2.10. The second-order valence-electron chi connectivity index (χ2n) is 5.09. The van der Waals surface area contributed by atoms with Crippen LogP contribution < -0.4 is 9.46 Å². The van der Waals surface area contributed by atoms with Crippen molar-refractivity contribution in [3.63, 3.8) is 0 Å². The topological polar surface area (TPSA) is 55.4 Å². The second-order valence-corrected chi connectivity index (χ2v) is 6.77. The molecule has 0 radical (unpaired) electrons. The van der Waals surface area contributed by atoms with E-state index in [2.05, 4.69) is 0 Å². The Kier molecular flexibility index (Phi) is 4.67. The Morgan fingerprint density at radius 1 is 0.720 bits per heavy atom. The van der Waals surface area contributed by atoms with Gasteiger partial charge in [0.15, 0.2) is 0 Å². The van der Waals surface area contributed by atoms with Crippen LogP contribution in [0.4, 0.5) is 14.5 Å². The number of hydrogen-bond donors (Lipinski definition) is 1. The first-order valence-electron chi connectivity index (χ1n) is 7.25. The van der Waals surface area contributed by atoms with E-state index in [1.54, 1.807) is 24.3 Å². The predicted molar refractivity (Wildman–Crippen MR) is 90.1 cm³/mol. The molecule has 3 rings (SSSR count). The van der Waals surface area contributed by atoms with E-state index in [0.29, 0.717) is 11.5 Å². The van der Waals surface area contributed by atoms with Crippen LogP contribution >= 0.6 is 0 Å². The molecule has 128 valence electrons. The van der Waals surface area contributed by atoms with Gasteiger partial charge >= 0.3 is 0 Å². The molecule has 0 spiro atoms. The minimum Gasteiger partial charge on any atom is -0.457 e. The van der Waals surface area contributed by atoms with Gasteiger partial charge in [-0.15, -0.1) is 0 Å². The lowest BCUT2D eigenvalue weighted by Crippen LogP contribution is -2.15. The van der Waals surface area contributed by atoms with Crippen LogP contribution in [0.3, 0.4) is 0 Å². The highest BCUT2D eigenvalue weighted by Crippen LogP contribution is 2.25. The molecule has 0 atom stereocenters. The lowest BCUT2D eigenvalue weighted by atomic mass is 10.3. The standard InChI is InChI=1S/C18H13F2NO3S/c19-16-7-4-8-17(20)18(16)21-25(22,23)15-11-9-14(10-12-15)24-13-5-2-1-3-6-13/h1-12,21H. The normalized spacial score (nSPS) is 11.1. The van der Waals surface area contributed by atoms with Crippen molar-refractivity contribution in [2.75, 3.05) is 4.72 Å². The van der Waals surface area contributed by atoms with Crippen molar-refractivity contribution >= 4 is 15.7 Å². The van der Waals surface area contributed by atoms with Crippen molar-refractivity contribution in [2.45, 2.75) is 4.90 Å². The summed E-state index contributed by atoms with van der Waals surface area (Å²) in [5, 5.41) is 0. The van der Waals surface area contributed by atoms with Crippen LogP contribution in [-0.2, 0) is 10.0 Å². The molecule has 0 unspecified atom stereocenters. The average molecular weight is 361 g/mol. The Hall–Kier alpha value is -2.93. The number of ether oxygens (including phenoxy) is 1. The lowest BCUT2D eigenvalue weighted by Gasteiger charge is -2.10. The van der Waals surface area contributed by atoms with Crippen molar-refractivity contribution in [3.8, 4) is 11.5 Å². The van der Waals surface area contributed by atoms with Gasteiger partial charge in [-0.1, -0.05) is 24.3 Å². The summed E-state index contributed by atoms with van der Waals surface area (Å²) in [6.45, 7) is 0. The molecule has 0 amide bonds. The van der Waals surface area contributed by atoms with E-state index < -0.39 is 27.3 Å². The van der Waals surface area contributed by atoms with Crippen LogP contribution in [0.25, 0.3) is 0 Å². The van der Waals surface area contributed by atoms with Gasteiger partial charge in [0.25, 0.3) is 10.0 Å². The molecule has 3 aromatic rings. The van der Waals surface area contributed by atoms with E-state index in [9.17, 15) is 17.2 Å². The average Bonchev–Trinajstić information content (AvgIpc) is 2.60. The molecule has 0 aliphatic carbocycles. The summed E-state index contributed by atoms with van der Waals surface area (Å²) in [5.74, 6) is -0.952. The van der Waals surface area contributed by atoms with Crippen LogP contribution in [0.1, 0.15) is 0 Å². The van der Waals surface area contributed by atoms with E-state index >= 15 is 0 Å². The maximum absolute atomic E-state index is 13.6. The van der Waals surface area contributed by atoms with Crippen LogP contribution in [0.15, 0.2) is 77.7 Å². The third kappa shape index (κ3) is 3.95. The molecular formula is C18H13F2NO3S. The third-order valence-electron chi connectivity index (χ3n) is 3.31. The minimum atomic E-state index is -4.13. The Morgan fingerprint density at radius 2 is 1.28 bits per heavy atom. The first-order chi connectivity index (χ1) is 12.0. The summed E-state index contributed by atoms with van der Waals surface area (Å²) in [5.41, 5.74) is -0.716. The van der Waals surface area contributed by atoms with Gasteiger partial charge < -0.3 is 4.74 Å². The Balaban J connectivity index is 1.81. The highest BCUT2D eigenvalue weighted by Gasteiger charge is 2.19. The highest BCUT2D eigenvalue weighted by molar-refractivity contribution is 7.92. The van der Waals surface area contributed by atoms with E-state index in [0.717, 1.165) is 18.2 Å². The van der Waals surface area contributed by atoms with Gasteiger partial charge in [-0.25, -0.2) is 17.2 Å². The summed E-state index contributed by atoms with van der Waals surface area (Å²) in [6, 6.07) is 17.6. The van der Waals surface area contributed by atoms with Crippen molar-refractivity contribution in [1.29, 1.82) is 0 Å².